The fraction of sp³-hybridized carbons (Fsp3) is 0.923. The highest BCUT2D eigenvalue weighted by atomic mass is 16.5. The Morgan fingerprint density at radius 3 is 0.684 bits per heavy atom. The van der Waals surface area contributed by atoms with E-state index in [1.807, 2.05) is 27.7 Å². The van der Waals surface area contributed by atoms with Crippen molar-refractivity contribution >= 4 is 11.9 Å². The van der Waals surface area contributed by atoms with Crippen LogP contribution in [-0.2, 0) is 9.59 Å². The van der Waals surface area contributed by atoms with Gasteiger partial charge in [0.25, 0.3) is 0 Å². The van der Waals surface area contributed by atoms with Gasteiger partial charge in [-0.25, -0.2) is 0 Å². The van der Waals surface area contributed by atoms with Crippen LogP contribution in [0.15, 0.2) is 0 Å². The minimum absolute atomic E-state index is 0.0628. The highest BCUT2D eigenvalue weighted by Gasteiger charge is 1.99. The number of aliphatic hydroxyl groups excluding tert-OH is 4. The summed E-state index contributed by atoms with van der Waals surface area (Å²) >= 11 is 0. The molecule has 10 N–H and O–H groups in total. The molecule has 12 heteroatoms. The van der Waals surface area contributed by atoms with Gasteiger partial charge in [0.15, 0.2) is 25.2 Å². The van der Waals surface area contributed by atoms with Crippen molar-refractivity contribution in [1.29, 1.82) is 0 Å². The van der Waals surface area contributed by atoms with Crippen molar-refractivity contribution in [1.82, 2.24) is 0 Å². The van der Waals surface area contributed by atoms with Gasteiger partial charge in [-0.15, -0.1) is 0 Å². The fourth-order valence-electron chi connectivity index (χ4n) is 2.10. The van der Waals surface area contributed by atoms with Gasteiger partial charge in [0.05, 0.1) is 0 Å². The van der Waals surface area contributed by atoms with Crippen LogP contribution in [0.3, 0.4) is 0 Å². The molecule has 0 aromatic carbocycles. The third-order valence-electron chi connectivity index (χ3n) is 4.29. The molecule has 234 valence electrons. The van der Waals surface area contributed by atoms with E-state index in [-0.39, 0.29) is 12.8 Å². The molecular formula is C26H58O12. The summed E-state index contributed by atoms with van der Waals surface area (Å²) < 4.78 is 0. The molecule has 0 rings (SSSR count). The first-order chi connectivity index (χ1) is 17.7. The van der Waals surface area contributed by atoms with E-state index < -0.39 is 37.1 Å². The lowest BCUT2D eigenvalue weighted by atomic mass is 10.2. The lowest BCUT2D eigenvalue weighted by Gasteiger charge is -1.97. The van der Waals surface area contributed by atoms with Gasteiger partial charge in [-0.05, 0) is 64.2 Å². The van der Waals surface area contributed by atoms with Crippen LogP contribution in [0.2, 0.25) is 0 Å². The Bertz CT molecular complexity index is 380. The fourth-order valence-corrected chi connectivity index (χ4v) is 2.10. The average molecular weight is 563 g/mol. The van der Waals surface area contributed by atoms with Crippen molar-refractivity contribution in [2.45, 2.75) is 156 Å². The van der Waals surface area contributed by atoms with Crippen LogP contribution in [-0.4, -0.2) is 88.2 Å². The second-order valence-corrected chi connectivity index (χ2v) is 8.49. The predicted molar refractivity (Wildman–Crippen MR) is 145 cm³/mol. The summed E-state index contributed by atoms with van der Waals surface area (Å²) in [6.07, 6.45) is 6.37. The zero-order valence-corrected chi connectivity index (χ0v) is 23.9. The number of hydrogen-bond donors (Lipinski definition) is 10. The number of hydrogen-bond acceptors (Lipinski definition) is 10. The van der Waals surface area contributed by atoms with Crippen molar-refractivity contribution in [2.75, 3.05) is 0 Å². The molecular weight excluding hydrogens is 504 g/mol. The molecule has 0 aliphatic rings. The molecule has 0 atom stereocenters. The standard InChI is InChI=1S/C6H10O4.4C5H12O2/c7-5(8)3-1-2-4-6(9)10;4*1-2-3-4-5(6)7/h1-4H2,(H,7,8)(H,9,10);4*5-7H,2-4H2,1H3. The lowest BCUT2D eigenvalue weighted by molar-refractivity contribution is -0.139. The molecule has 0 spiro atoms. The Morgan fingerprint density at radius 1 is 0.421 bits per heavy atom. The molecule has 0 aromatic heterocycles. The number of carbonyl (C=O) groups is 2. The van der Waals surface area contributed by atoms with Crippen LogP contribution in [0.25, 0.3) is 0 Å². The average Bonchev–Trinajstić information content (AvgIpc) is 2.82. The maximum Gasteiger partial charge on any atom is 0.303 e. The summed E-state index contributed by atoms with van der Waals surface area (Å²) in [6, 6.07) is 0. The molecule has 0 saturated heterocycles. The van der Waals surface area contributed by atoms with Crippen LogP contribution >= 0.6 is 0 Å². The maximum absolute atomic E-state index is 9.90. The minimum atomic E-state index is -1.10. The minimum Gasteiger partial charge on any atom is -0.481 e. The Labute approximate surface area is 228 Å². The zero-order chi connectivity index (χ0) is 30.8. The summed E-state index contributed by atoms with van der Waals surface area (Å²) in [5.74, 6) is -1.74. The van der Waals surface area contributed by atoms with E-state index in [0.29, 0.717) is 38.5 Å². The number of rotatable bonds is 17. The molecule has 0 amide bonds. The van der Waals surface area contributed by atoms with Crippen LogP contribution in [0.5, 0.6) is 0 Å². The van der Waals surface area contributed by atoms with Crippen LogP contribution < -0.4 is 0 Å². The quantitative estimate of drug-likeness (QED) is 0.0909. The molecule has 0 aliphatic carbocycles. The number of carboxylic acid groups (broad SMARTS) is 2. The van der Waals surface area contributed by atoms with E-state index in [4.69, 9.17) is 51.1 Å². The first-order valence-corrected chi connectivity index (χ1v) is 13.6. The van der Waals surface area contributed by atoms with Gasteiger partial charge in [-0.1, -0.05) is 53.4 Å². The van der Waals surface area contributed by atoms with E-state index in [2.05, 4.69) is 0 Å². The summed E-state index contributed by atoms with van der Waals surface area (Å²) in [5.41, 5.74) is 0. The van der Waals surface area contributed by atoms with Crippen molar-refractivity contribution in [2.24, 2.45) is 0 Å². The molecule has 0 unspecified atom stereocenters. The van der Waals surface area contributed by atoms with Crippen molar-refractivity contribution in [3.05, 3.63) is 0 Å². The normalized spacial score (nSPS) is 10.0. The van der Waals surface area contributed by atoms with E-state index in [1.54, 1.807) is 0 Å². The summed E-state index contributed by atoms with van der Waals surface area (Å²) in [7, 11) is 0. The van der Waals surface area contributed by atoms with Crippen LogP contribution in [0.4, 0.5) is 0 Å². The Kier molecular flexibility index (Phi) is 49.1. The number of carboxylic acids is 2. The van der Waals surface area contributed by atoms with Gasteiger partial charge in [0.1, 0.15) is 0 Å². The third-order valence-corrected chi connectivity index (χ3v) is 4.29. The molecule has 0 saturated carbocycles. The largest absolute Gasteiger partial charge is 0.481 e. The van der Waals surface area contributed by atoms with Crippen molar-refractivity contribution < 1.29 is 60.7 Å². The topological polar surface area (TPSA) is 236 Å². The first kappa shape index (κ1) is 46.5. The smallest absolute Gasteiger partial charge is 0.303 e. The van der Waals surface area contributed by atoms with Gasteiger partial charge < -0.3 is 51.1 Å². The van der Waals surface area contributed by atoms with Crippen LogP contribution in [0, 0.1) is 0 Å². The number of aliphatic carboxylic acids is 2. The molecule has 0 aliphatic heterocycles. The van der Waals surface area contributed by atoms with Crippen molar-refractivity contribution in [3.8, 4) is 0 Å². The van der Waals surface area contributed by atoms with Gasteiger partial charge >= 0.3 is 11.9 Å². The lowest BCUT2D eigenvalue weighted by Crippen LogP contribution is -2.02. The Balaban J connectivity index is -0.000000121. The third kappa shape index (κ3) is 83.7. The summed E-state index contributed by atoms with van der Waals surface area (Å²) in [6.45, 7) is 8.06. The Hall–Kier alpha value is -1.38. The number of unbranched alkanes of at least 4 members (excludes halogenated alkanes) is 5. The molecule has 0 aromatic rings. The summed E-state index contributed by atoms with van der Waals surface area (Å²) in [5, 5.41) is 82.2. The SMILES string of the molecule is CCCCC(O)O.CCCCC(O)O.CCCCC(O)O.CCCCC(O)O.O=C(O)CCCCC(=O)O. The molecule has 0 fully saturated rings. The zero-order valence-electron chi connectivity index (χ0n) is 23.9. The van der Waals surface area contributed by atoms with Gasteiger partial charge in [0.2, 0.25) is 0 Å². The van der Waals surface area contributed by atoms with Crippen LogP contribution in [0.1, 0.15) is 130 Å². The molecule has 0 radical (unpaired) electrons. The second-order valence-electron chi connectivity index (χ2n) is 8.49. The Morgan fingerprint density at radius 2 is 0.605 bits per heavy atom. The predicted octanol–water partition coefficient (Wildman–Crippen LogP) is 2.67. The van der Waals surface area contributed by atoms with Gasteiger partial charge in [-0.2, -0.15) is 0 Å². The monoisotopic (exact) mass is 562 g/mol. The highest BCUT2D eigenvalue weighted by Crippen LogP contribution is 1.99. The summed E-state index contributed by atoms with van der Waals surface area (Å²) in [4.78, 5) is 19.8. The van der Waals surface area contributed by atoms with Crippen molar-refractivity contribution in [3.63, 3.8) is 0 Å². The van der Waals surface area contributed by atoms with Gasteiger partial charge in [0, 0.05) is 12.8 Å². The molecule has 38 heavy (non-hydrogen) atoms. The maximum atomic E-state index is 9.90. The van der Waals surface area contributed by atoms with E-state index >= 15 is 0 Å². The van der Waals surface area contributed by atoms with E-state index in [9.17, 15) is 9.59 Å². The second kappa shape index (κ2) is 40.1. The highest BCUT2D eigenvalue weighted by molar-refractivity contribution is 5.67. The van der Waals surface area contributed by atoms with E-state index in [1.165, 1.54) is 0 Å². The molecule has 0 heterocycles. The number of aliphatic hydroxyl groups is 8. The first-order valence-electron chi connectivity index (χ1n) is 13.6. The molecule has 0 bridgehead atoms. The van der Waals surface area contributed by atoms with E-state index in [0.717, 1.165) is 51.4 Å². The van der Waals surface area contributed by atoms with Gasteiger partial charge in [-0.3, -0.25) is 9.59 Å². The molecule has 12 nitrogen and oxygen atoms in total.